The van der Waals surface area contributed by atoms with E-state index < -0.39 is 0 Å². The summed E-state index contributed by atoms with van der Waals surface area (Å²) in [4.78, 5) is 22.8. The summed E-state index contributed by atoms with van der Waals surface area (Å²) in [5, 5.41) is 4.19. The lowest BCUT2D eigenvalue weighted by molar-refractivity contribution is 0.0640. The van der Waals surface area contributed by atoms with Crippen molar-refractivity contribution in [3.05, 3.63) is 30.5 Å². The van der Waals surface area contributed by atoms with Gasteiger partial charge < -0.3 is 14.1 Å². The first-order chi connectivity index (χ1) is 11.3. The molecule has 2 aliphatic heterocycles. The van der Waals surface area contributed by atoms with Crippen molar-refractivity contribution in [1.29, 1.82) is 0 Å². The molecule has 2 aromatic rings. The van der Waals surface area contributed by atoms with Crippen molar-refractivity contribution in [2.24, 2.45) is 0 Å². The zero-order chi connectivity index (χ0) is 15.6. The molecule has 122 valence electrons. The summed E-state index contributed by atoms with van der Waals surface area (Å²) in [5.74, 6) is 0.476. The number of nitrogens with zero attached hydrogens (tertiary/aromatic N) is 5. The molecule has 0 radical (unpaired) electrons. The van der Waals surface area contributed by atoms with E-state index in [2.05, 4.69) is 15.1 Å². The lowest BCUT2D eigenvalue weighted by atomic mass is 10.0. The molecule has 0 aromatic carbocycles. The minimum Gasteiger partial charge on any atom is -0.445 e. The van der Waals surface area contributed by atoms with Crippen LogP contribution in [0.4, 0.5) is 0 Å². The normalized spacial score (nSPS) is 25.0. The Kier molecular flexibility index (Phi) is 3.82. The number of oxazole rings is 1. The number of amides is 1. The second-order valence-electron chi connectivity index (χ2n) is 5.99. The molecule has 2 aliphatic rings. The van der Waals surface area contributed by atoms with Crippen LogP contribution in [0.1, 0.15) is 54.1 Å². The zero-order valence-corrected chi connectivity index (χ0v) is 12.8. The van der Waals surface area contributed by atoms with Gasteiger partial charge in [0.15, 0.2) is 17.8 Å². The summed E-state index contributed by atoms with van der Waals surface area (Å²) in [5.41, 5.74) is 0.385. The number of carbonyl (C=O) groups excluding carboxylic acids is 1. The Morgan fingerprint density at radius 1 is 1.30 bits per heavy atom. The maximum atomic E-state index is 12.9. The van der Waals surface area contributed by atoms with Crippen molar-refractivity contribution >= 4 is 5.91 Å². The number of aromatic nitrogens is 4. The first-order valence-electron chi connectivity index (χ1n) is 8.01. The lowest BCUT2D eigenvalue weighted by Gasteiger charge is -2.32. The highest BCUT2D eigenvalue weighted by atomic mass is 16.5. The smallest absolute Gasteiger partial charge is 0.276 e. The van der Waals surface area contributed by atoms with E-state index >= 15 is 0 Å². The number of hydrogen-bond acceptors (Lipinski definition) is 6. The largest absolute Gasteiger partial charge is 0.445 e. The fourth-order valence-corrected chi connectivity index (χ4v) is 3.34. The van der Waals surface area contributed by atoms with E-state index in [9.17, 15) is 4.79 Å². The van der Waals surface area contributed by atoms with Crippen molar-refractivity contribution in [3.63, 3.8) is 0 Å². The number of piperidine rings is 1. The summed E-state index contributed by atoms with van der Waals surface area (Å²) in [7, 11) is 0. The van der Waals surface area contributed by atoms with Crippen LogP contribution in [0.3, 0.4) is 0 Å². The van der Waals surface area contributed by atoms with Crippen LogP contribution in [0.25, 0.3) is 0 Å². The quantitative estimate of drug-likeness (QED) is 0.854. The lowest BCUT2D eigenvalue weighted by Crippen LogP contribution is -2.41. The molecule has 0 aliphatic carbocycles. The average Bonchev–Trinajstić information content (AvgIpc) is 3.35. The van der Waals surface area contributed by atoms with Gasteiger partial charge in [0, 0.05) is 19.7 Å². The number of ether oxygens (including phenoxy) is 1. The second kappa shape index (κ2) is 6.11. The van der Waals surface area contributed by atoms with Crippen molar-refractivity contribution in [2.75, 3.05) is 19.7 Å². The number of carbonyl (C=O) groups is 1. The Morgan fingerprint density at radius 2 is 2.26 bits per heavy atom. The fraction of sp³-hybridized carbons (Fsp3) is 0.600. The molecule has 4 heterocycles. The molecule has 0 unspecified atom stereocenters. The predicted molar refractivity (Wildman–Crippen MR) is 78.6 cm³/mol. The van der Waals surface area contributed by atoms with E-state index in [0.29, 0.717) is 24.6 Å². The van der Waals surface area contributed by atoms with Crippen LogP contribution in [0.15, 0.2) is 23.5 Å². The molecule has 2 saturated heterocycles. The van der Waals surface area contributed by atoms with Crippen LogP contribution < -0.4 is 0 Å². The summed E-state index contributed by atoms with van der Waals surface area (Å²) < 4.78 is 12.9. The van der Waals surface area contributed by atoms with Gasteiger partial charge in [-0.15, -0.1) is 0 Å². The van der Waals surface area contributed by atoms with Gasteiger partial charge in [-0.25, -0.2) is 14.6 Å². The third kappa shape index (κ3) is 2.74. The SMILES string of the molecule is O=C(c1ncoc1[C@H]1CCCO1)N1CCC[C@@H](n2cncn2)C1. The van der Waals surface area contributed by atoms with E-state index in [4.69, 9.17) is 9.15 Å². The molecule has 2 aromatic heterocycles. The predicted octanol–water partition coefficient (Wildman–Crippen LogP) is 1.59. The highest BCUT2D eigenvalue weighted by Crippen LogP contribution is 2.31. The Hall–Kier alpha value is -2.22. The van der Waals surface area contributed by atoms with E-state index in [-0.39, 0.29) is 18.1 Å². The minimum atomic E-state index is -0.146. The van der Waals surface area contributed by atoms with E-state index in [1.165, 1.54) is 12.7 Å². The highest BCUT2D eigenvalue weighted by Gasteiger charge is 2.32. The van der Waals surface area contributed by atoms with Crippen molar-refractivity contribution in [3.8, 4) is 0 Å². The van der Waals surface area contributed by atoms with E-state index in [1.807, 2.05) is 9.58 Å². The van der Waals surface area contributed by atoms with Gasteiger partial charge in [0.05, 0.1) is 6.04 Å². The number of rotatable bonds is 3. The van der Waals surface area contributed by atoms with Crippen LogP contribution in [0, 0.1) is 0 Å². The standard InChI is InChI=1S/C15H19N5O3/c21-15(13-14(23-10-17-13)12-4-2-6-22-12)19-5-1-3-11(7-19)20-9-16-8-18-20/h8-12H,1-7H2/t11-,12-/m1/s1. The van der Waals surface area contributed by atoms with Crippen molar-refractivity contribution in [1.82, 2.24) is 24.6 Å². The second-order valence-corrected chi connectivity index (χ2v) is 5.99. The molecule has 4 rings (SSSR count). The van der Waals surface area contributed by atoms with Crippen LogP contribution in [-0.4, -0.2) is 50.3 Å². The summed E-state index contributed by atoms with van der Waals surface area (Å²) >= 11 is 0. The third-order valence-electron chi connectivity index (χ3n) is 4.51. The molecule has 8 heteroatoms. The van der Waals surface area contributed by atoms with Gasteiger partial charge >= 0.3 is 0 Å². The van der Waals surface area contributed by atoms with Gasteiger partial charge in [0.1, 0.15) is 18.8 Å². The van der Waals surface area contributed by atoms with Gasteiger partial charge in [-0.2, -0.15) is 5.10 Å². The van der Waals surface area contributed by atoms with Crippen LogP contribution >= 0.6 is 0 Å². The summed E-state index contributed by atoms with van der Waals surface area (Å²) in [6.07, 6.45) is 8.19. The third-order valence-corrected chi connectivity index (χ3v) is 4.51. The van der Waals surface area contributed by atoms with Crippen molar-refractivity contribution < 1.29 is 13.9 Å². The molecular formula is C15H19N5O3. The van der Waals surface area contributed by atoms with Crippen LogP contribution in [0.5, 0.6) is 0 Å². The van der Waals surface area contributed by atoms with Gasteiger partial charge in [-0.05, 0) is 25.7 Å². The molecule has 2 fully saturated rings. The maximum absolute atomic E-state index is 12.9. The first-order valence-corrected chi connectivity index (χ1v) is 8.01. The van der Waals surface area contributed by atoms with Gasteiger partial charge in [-0.3, -0.25) is 4.79 Å². The van der Waals surface area contributed by atoms with Crippen molar-refractivity contribution in [2.45, 2.75) is 37.8 Å². The van der Waals surface area contributed by atoms with Crippen LogP contribution in [-0.2, 0) is 4.74 Å². The maximum Gasteiger partial charge on any atom is 0.276 e. The Morgan fingerprint density at radius 3 is 3.04 bits per heavy atom. The molecule has 0 bridgehead atoms. The molecule has 0 saturated carbocycles. The number of likely N-dealkylation sites (tertiary alicyclic amines) is 1. The molecule has 8 nitrogen and oxygen atoms in total. The van der Waals surface area contributed by atoms with E-state index in [1.54, 1.807) is 6.33 Å². The molecule has 0 N–H and O–H groups in total. The number of hydrogen-bond donors (Lipinski definition) is 0. The Labute approximate surface area is 133 Å². The van der Waals surface area contributed by atoms with Gasteiger partial charge in [0.2, 0.25) is 0 Å². The van der Waals surface area contributed by atoms with E-state index in [0.717, 1.165) is 32.2 Å². The Balaban J connectivity index is 1.51. The molecule has 2 atom stereocenters. The summed E-state index contributed by atoms with van der Waals surface area (Å²) in [6.45, 7) is 2.04. The summed E-state index contributed by atoms with van der Waals surface area (Å²) in [6, 6.07) is 0.160. The highest BCUT2D eigenvalue weighted by molar-refractivity contribution is 5.93. The minimum absolute atomic E-state index is 0.0888. The fourth-order valence-electron chi connectivity index (χ4n) is 3.34. The Bertz CT molecular complexity index is 662. The molecule has 0 spiro atoms. The van der Waals surface area contributed by atoms with Gasteiger partial charge in [0.25, 0.3) is 5.91 Å². The molecule has 1 amide bonds. The first kappa shape index (κ1) is 14.4. The average molecular weight is 317 g/mol. The monoisotopic (exact) mass is 317 g/mol. The molecular weight excluding hydrogens is 298 g/mol. The zero-order valence-electron chi connectivity index (χ0n) is 12.8. The topological polar surface area (TPSA) is 86.3 Å². The molecule has 23 heavy (non-hydrogen) atoms. The van der Waals surface area contributed by atoms with Gasteiger partial charge in [-0.1, -0.05) is 0 Å². The van der Waals surface area contributed by atoms with Crippen LogP contribution in [0.2, 0.25) is 0 Å².